The molecule has 0 unspecified atom stereocenters. The van der Waals surface area contributed by atoms with Gasteiger partial charge in [0.25, 0.3) is 0 Å². The summed E-state index contributed by atoms with van der Waals surface area (Å²) < 4.78 is 20.4. The molecule has 2 rings (SSSR count). The van der Waals surface area contributed by atoms with Gasteiger partial charge in [0.1, 0.15) is 0 Å². The number of allylic oxidation sites excluding steroid dienone is 1. The number of hydrogen-bond donors (Lipinski definition) is 1. The molecule has 1 aromatic heterocycles. The van der Waals surface area contributed by atoms with Crippen molar-refractivity contribution in [2.75, 3.05) is 12.9 Å². The van der Waals surface area contributed by atoms with Crippen molar-refractivity contribution in [2.45, 2.75) is 11.7 Å². The van der Waals surface area contributed by atoms with E-state index in [9.17, 15) is 9.18 Å². The summed E-state index contributed by atoms with van der Waals surface area (Å²) in [6, 6.07) is 2.82. The van der Waals surface area contributed by atoms with Crippen LogP contribution in [0, 0.1) is 5.82 Å². The quantitative estimate of drug-likeness (QED) is 0.655. The van der Waals surface area contributed by atoms with Crippen molar-refractivity contribution in [1.29, 1.82) is 0 Å². The van der Waals surface area contributed by atoms with Crippen LogP contribution in [-0.2, 0) is 11.3 Å². The molecule has 5 nitrogen and oxygen atoms in total. The number of hydrogen-bond acceptors (Lipinski definition) is 4. The van der Waals surface area contributed by atoms with Gasteiger partial charge >= 0.3 is 5.97 Å². The van der Waals surface area contributed by atoms with Gasteiger partial charge in [0, 0.05) is 18.7 Å². The molecule has 1 aromatic carbocycles. The average molecular weight is 296 g/mol. The Kier molecular flexibility index (Phi) is 4.29. The second kappa shape index (κ2) is 5.96. The van der Waals surface area contributed by atoms with E-state index in [1.54, 1.807) is 16.7 Å². The van der Waals surface area contributed by atoms with E-state index in [2.05, 4.69) is 11.6 Å². The average Bonchev–Trinajstić information content (AvgIpc) is 2.73. The van der Waals surface area contributed by atoms with Crippen LogP contribution < -0.4 is 4.74 Å². The fraction of sp³-hybridized carbons (Fsp3) is 0.231. The Morgan fingerprint density at radius 1 is 1.65 bits per heavy atom. The van der Waals surface area contributed by atoms with Gasteiger partial charge in [-0.05, 0) is 0 Å². The number of nitrogens with zero attached hydrogens (tertiary/aromatic N) is 2. The maximum absolute atomic E-state index is 13.7. The molecule has 0 saturated heterocycles. The maximum atomic E-state index is 13.7. The Labute approximate surface area is 119 Å². The summed E-state index contributed by atoms with van der Waals surface area (Å²) in [5, 5.41) is 9.25. The normalized spacial score (nSPS) is 10.7. The SMILES string of the molecule is C=CCn1c(SCC(=O)O)nc2cc(F)c(OC)cc21. The number of rotatable bonds is 6. The number of aliphatic carboxylic acids is 1. The summed E-state index contributed by atoms with van der Waals surface area (Å²) in [7, 11) is 1.39. The fourth-order valence-electron chi connectivity index (χ4n) is 1.80. The number of carbonyl (C=O) groups is 1. The molecule has 1 N–H and O–H groups in total. The molecule has 2 aromatic rings. The summed E-state index contributed by atoms with van der Waals surface area (Å²) in [5.41, 5.74) is 1.13. The molecule has 20 heavy (non-hydrogen) atoms. The Hall–Kier alpha value is -2.02. The highest BCUT2D eigenvalue weighted by Gasteiger charge is 2.15. The molecule has 0 aliphatic heterocycles. The third-order valence-corrected chi connectivity index (χ3v) is 3.58. The molecule has 0 spiro atoms. The van der Waals surface area contributed by atoms with Crippen molar-refractivity contribution in [3.8, 4) is 5.75 Å². The lowest BCUT2D eigenvalue weighted by molar-refractivity contribution is -0.133. The van der Waals surface area contributed by atoms with Gasteiger partial charge in [-0.1, -0.05) is 17.8 Å². The number of carboxylic acid groups (broad SMARTS) is 1. The minimum Gasteiger partial charge on any atom is -0.494 e. The Morgan fingerprint density at radius 3 is 3.00 bits per heavy atom. The summed E-state index contributed by atoms with van der Waals surface area (Å²) in [5.74, 6) is -1.42. The zero-order chi connectivity index (χ0) is 14.7. The number of fused-ring (bicyclic) bond motifs is 1. The van der Waals surface area contributed by atoms with Crippen molar-refractivity contribution in [3.63, 3.8) is 0 Å². The van der Waals surface area contributed by atoms with Gasteiger partial charge in [-0.15, -0.1) is 6.58 Å². The largest absolute Gasteiger partial charge is 0.494 e. The van der Waals surface area contributed by atoms with Crippen molar-refractivity contribution in [1.82, 2.24) is 9.55 Å². The van der Waals surface area contributed by atoms with Gasteiger partial charge in [-0.3, -0.25) is 4.79 Å². The predicted molar refractivity (Wildman–Crippen MR) is 74.8 cm³/mol. The van der Waals surface area contributed by atoms with Crippen molar-refractivity contribution in [3.05, 3.63) is 30.6 Å². The lowest BCUT2D eigenvalue weighted by Crippen LogP contribution is -2.02. The molecular weight excluding hydrogens is 283 g/mol. The number of carboxylic acids is 1. The molecule has 0 aliphatic rings. The number of thioether (sulfide) groups is 1. The van der Waals surface area contributed by atoms with Crippen LogP contribution in [0.3, 0.4) is 0 Å². The third kappa shape index (κ3) is 2.77. The minimum atomic E-state index is -0.934. The summed E-state index contributed by atoms with van der Waals surface area (Å²) in [4.78, 5) is 14.9. The highest BCUT2D eigenvalue weighted by Crippen LogP contribution is 2.29. The van der Waals surface area contributed by atoms with E-state index in [0.717, 1.165) is 11.8 Å². The first-order valence-electron chi connectivity index (χ1n) is 5.76. The molecule has 0 fully saturated rings. The number of aromatic nitrogens is 2. The van der Waals surface area contributed by atoms with E-state index in [-0.39, 0.29) is 11.5 Å². The lowest BCUT2D eigenvalue weighted by Gasteiger charge is -2.06. The van der Waals surface area contributed by atoms with E-state index in [1.165, 1.54) is 13.2 Å². The predicted octanol–water partition coefficient (Wildman–Crippen LogP) is 2.55. The molecule has 0 amide bonds. The van der Waals surface area contributed by atoms with Crippen LogP contribution in [-0.4, -0.2) is 33.5 Å². The van der Waals surface area contributed by atoms with Crippen LogP contribution in [0.25, 0.3) is 11.0 Å². The van der Waals surface area contributed by atoms with Crippen LogP contribution in [0.4, 0.5) is 4.39 Å². The number of benzene rings is 1. The van der Waals surface area contributed by atoms with Crippen LogP contribution >= 0.6 is 11.8 Å². The molecule has 7 heteroatoms. The fourth-order valence-corrected chi connectivity index (χ4v) is 2.55. The molecule has 0 saturated carbocycles. The molecule has 0 radical (unpaired) electrons. The van der Waals surface area contributed by atoms with Crippen molar-refractivity contribution >= 4 is 28.8 Å². The number of halogens is 1. The minimum absolute atomic E-state index is 0.111. The summed E-state index contributed by atoms with van der Waals surface area (Å²) in [6.07, 6.45) is 1.67. The van der Waals surface area contributed by atoms with Crippen LogP contribution in [0.15, 0.2) is 29.9 Å². The van der Waals surface area contributed by atoms with Gasteiger partial charge < -0.3 is 14.4 Å². The molecule has 106 valence electrons. The molecule has 0 aliphatic carbocycles. The van der Waals surface area contributed by atoms with Gasteiger partial charge in [-0.2, -0.15) is 0 Å². The van der Waals surface area contributed by atoms with E-state index < -0.39 is 11.8 Å². The first kappa shape index (κ1) is 14.4. The lowest BCUT2D eigenvalue weighted by atomic mass is 10.3. The number of methoxy groups -OCH3 is 1. The van der Waals surface area contributed by atoms with Gasteiger partial charge in [-0.25, -0.2) is 9.37 Å². The second-order valence-corrected chi connectivity index (χ2v) is 4.89. The second-order valence-electron chi connectivity index (χ2n) is 3.95. The van der Waals surface area contributed by atoms with E-state index in [1.807, 2.05) is 0 Å². The van der Waals surface area contributed by atoms with E-state index in [4.69, 9.17) is 9.84 Å². The first-order chi connectivity index (χ1) is 9.56. The van der Waals surface area contributed by atoms with Crippen LogP contribution in [0.5, 0.6) is 5.75 Å². The van der Waals surface area contributed by atoms with E-state index >= 15 is 0 Å². The highest BCUT2D eigenvalue weighted by molar-refractivity contribution is 7.99. The van der Waals surface area contributed by atoms with E-state index in [0.29, 0.717) is 22.7 Å². The van der Waals surface area contributed by atoms with Crippen LogP contribution in [0.1, 0.15) is 0 Å². The summed E-state index contributed by atoms with van der Waals surface area (Å²) in [6.45, 7) is 4.11. The van der Waals surface area contributed by atoms with Gasteiger partial charge in [0.15, 0.2) is 16.7 Å². The standard InChI is InChI=1S/C13H13FN2O3S/c1-3-4-16-10-6-11(19-2)8(14)5-9(10)15-13(16)20-7-12(17)18/h3,5-6H,1,4,7H2,2H3,(H,17,18). The first-order valence-corrected chi connectivity index (χ1v) is 6.74. The topological polar surface area (TPSA) is 64.4 Å². The maximum Gasteiger partial charge on any atom is 0.313 e. The molecule has 0 bridgehead atoms. The number of imidazole rings is 1. The highest BCUT2D eigenvalue weighted by atomic mass is 32.2. The Balaban J connectivity index is 2.53. The van der Waals surface area contributed by atoms with Gasteiger partial charge in [0.2, 0.25) is 0 Å². The third-order valence-electron chi connectivity index (χ3n) is 2.62. The smallest absolute Gasteiger partial charge is 0.313 e. The van der Waals surface area contributed by atoms with Gasteiger partial charge in [0.05, 0.1) is 23.9 Å². The van der Waals surface area contributed by atoms with Crippen LogP contribution in [0.2, 0.25) is 0 Å². The van der Waals surface area contributed by atoms with Crippen molar-refractivity contribution < 1.29 is 19.0 Å². The Bertz CT molecular complexity index is 669. The summed E-state index contributed by atoms with van der Waals surface area (Å²) >= 11 is 1.08. The number of ether oxygens (including phenoxy) is 1. The van der Waals surface area contributed by atoms with Crippen molar-refractivity contribution in [2.24, 2.45) is 0 Å². The zero-order valence-corrected chi connectivity index (χ0v) is 11.6. The monoisotopic (exact) mass is 296 g/mol. The molecule has 0 atom stereocenters. The zero-order valence-electron chi connectivity index (χ0n) is 10.8. The molecule has 1 heterocycles. The molecular formula is C13H13FN2O3S. The Morgan fingerprint density at radius 2 is 2.40 bits per heavy atom.